The predicted octanol–water partition coefficient (Wildman–Crippen LogP) is 1.34. The minimum atomic E-state index is -0.441. The Morgan fingerprint density at radius 3 is 2.68 bits per heavy atom. The monoisotopic (exact) mass is 321 g/mol. The summed E-state index contributed by atoms with van der Waals surface area (Å²) in [4.78, 5) is 27.4. The van der Waals surface area contributed by atoms with E-state index in [4.69, 9.17) is 0 Å². The van der Waals surface area contributed by atoms with Gasteiger partial charge in [-0.15, -0.1) is 11.3 Å². The largest absolute Gasteiger partial charge is 0.353 e. The van der Waals surface area contributed by atoms with E-state index in [-0.39, 0.29) is 11.5 Å². The quantitative estimate of drug-likeness (QED) is 0.665. The van der Waals surface area contributed by atoms with Crippen molar-refractivity contribution >= 4 is 33.8 Å². The van der Waals surface area contributed by atoms with E-state index < -0.39 is 4.92 Å². The predicted molar refractivity (Wildman–Crippen MR) is 83.8 cm³/mol. The molecule has 10 heteroatoms. The van der Waals surface area contributed by atoms with Crippen molar-refractivity contribution in [2.24, 2.45) is 0 Å². The minimum absolute atomic E-state index is 0.109. The van der Waals surface area contributed by atoms with Crippen LogP contribution in [-0.2, 0) is 0 Å². The normalized spacial score (nSPS) is 15.8. The molecule has 0 saturated carbocycles. The van der Waals surface area contributed by atoms with Crippen LogP contribution >= 0.6 is 11.3 Å². The molecule has 2 aromatic heterocycles. The smallest absolute Gasteiger partial charge is 0.348 e. The number of nitrogens with zero attached hydrogens (tertiary/aromatic N) is 6. The number of hydrogen-bond donors (Lipinski definition) is 1. The van der Waals surface area contributed by atoms with Crippen LogP contribution < -0.4 is 10.2 Å². The third-order valence-electron chi connectivity index (χ3n) is 3.45. The van der Waals surface area contributed by atoms with E-state index in [0.29, 0.717) is 24.0 Å². The molecule has 1 saturated heterocycles. The second kappa shape index (κ2) is 6.20. The van der Waals surface area contributed by atoms with Gasteiger partial charge in [0.1, 0.15) is 6.33 Å². The van der Waals surface area contributed by atoms with Gasteiger partial charge in [-0.2, -0.15) is 0 Å². The Hall–Kier alpha value is -2.33. The first-order valence-corrected chi connectivity index (χ1v) is 7.62. The summed E-state index contributed by atoms with van der Waals surface area (Å²) < 4.78 is 0. The molecule has 0 radical (unpaired) electrons. The van der Waals surface area contributed by atoms with E-state index in [9.17, 15) is 10.1 Å². The highest BCUT2D eigenvalue weighted by Crippen LogP contribution is 2.34. The summed E-state index contributed by atoms with van der Waals surface area (Å²) in [5.41, 5.74) is -0.109. The fourth-order valence-electron chi connectivity index (χ4n) is 2.27. The van der Waals surface area contributed by atoms with Crippen LogP contribution in [0.25, 0.3) is 0 Å². The maximum atomic E-state index is 11.5. The second-order valence-corrected chi connectivity index (χ2v) is 5.80. The van der Waals surface area contributed by atoms with E-state index in [2.05, 4.69) is 25.2 Å². The fourth-order valence-corrected chi connectivity index (χ4v) is 2.79. The van der Waals surface area contributed by atoms with Crippen LogP contribution in [0.4, 0.5) is 22.5 Å². The summed E-state index contributed by atoms with van der Waals surface area (Å²) in [6.07, 6.45) is 2.97. The van der Waals surface area contributed by atoms with Crippen LogP contribution in [0.2, 0.25) is 0 Å². The third kappa shape index (κ3) is 2.97. The molecule has 116 valence electrons. The van der Waals surface area contributed by atoms with Crippen molar-refractivity contribution in [3.63, 3.8) is 0 Å². The molecule has 9 nitrogen and oxygen atoms in total. The van der Waals surface area contributed by atoms with Gasteiger partial charge >= 0.3 is 5.69 Å². The van der Waals surface area contributed by atoms with Gasteiger partial charge in [-0.3, -0.25) is 10.1 Å². The molecule has 3 rings (SSSR count). The molecule has 0 spiro atoms. The van der Waals surface area contributed by atoms with Crippen LogP contribution in [0.15, 0.2) is 17.9 Å². The van der Waals surface area contributed by atoms with Gasteiger partial charge in [-0.1, -0.05) is 0 Å². The number of likely N-dealkylation sites (N-methyl/N-ethyl adjacent to an activating group) is 1. The molecule has 3 heterocycles. The summed E-state index contributed by atoms with van der Waals surface area (Å²) in [6.45, 7) is 3.09. The van der Waals surface area contributed by atoms with Crippen molar-refractivity contribution in [3.05, 3.63) is 28.0 Å². The molecule has 0 aromatic carbocycles. The Morgan fingerprint density at radius 2 is 2.05 bits per heavy atom. The standard InChI is InChI=1S/C12H15N7O2S/c1-17-3-5-18(6-4-17)11-9(19(20)21)10(14-8-15-11)16-12-13-2-7-22-12/h2,7-8H,3-6H2,1H3,(H,13,14,15,16). The fraction of sp³-hybridized carbons (Fsp3) is 0.417. The van der Waals surface area contributed by atoms with Gasteiger partial charge in [0.2, 0.25) is 11.6 Å². The summed E-state index contributed by atoms with van der Waals surface area (Å²) >= 11 is 1.35. The lowest BCUT2D eigenvalue weighted by Gasteiger charge is -2.32. The van der Waals surface area contributed by atoms with Crippen LogP contribution in [0.1, 0.15) is 0 Å². The first kappa shape index (κ1) is 14.6. The number of anilines is 3. The van der Waals surface area contributed by atoms with Crippen molar-refractivity contribution in [3.8, 4) is 0 Å². The Bertz CT molecular complexity index is 655. The first-order chi connectivity index (χ1) is 10.6. The molecule has 1 aliphatic rings. The molecule has 0 amide bonds. The van der Waals surface area contributed by atoms with Gasteiger partial charge in [0, 0.05) is 37.8 Å². The number of rotatable bonds is 4. The van der Waals surface area contributed by atoms with E-state index >= 15 is 0 Å². The van der Waals surface area contributed by atoms with Gasteiger partial charge < -0.3 is 15.1 Å². The molecular formula is C12H15N7O2S. The Morgan fingerprint density at radius 1 is 1.27 bits per heavy atom. The molecule has 22 heavy (non-hydrogen) atoms. The van der Waals surface area contributed by atoms with Crippen molar-refractivity contribution < 1.29 is 4.92 Å². The zero-order valence-corrected chi connectivity index (χ0v) is 12.8. The lowest BCUT2D eigenvalue weighted by molar-refractivity contribution is -0.383. The molecule has 0 unspecified atom stereocenters. The van der Waals surface area contributed by atoms with Crippen LogP contribution in [0.3, 0.4) is 0 Å². The van der Waals surface area contributed by atoms with Gasteiger partial charge in [-0.05, 0) is 7.05 Å². The van der Waals surface area contributed by atoms with Crippen molar-refractivity contribution in [2.75, 3.05) is 43.4 Å². The number of aromatic nitrogens is 3. The number of thiazole rings is 1. The van der Waals surface area contributed by atoms with E-state index in [1.54, 1.807) is 11.6 Å². The first-order valence-electron chi connectivity index (χ1n) is 6.74. The SMILES string of the molecule is CN1CCN(c2ncnc(Nc3nccs3)c2[N+](=O)[O-])CC1. The van der Waals surface area contributed by atoms with Crippen molar-refractivity contribution in [1.29, 1.82) is 0 Å². The maximum absolute atomic E-state index is 11.5. The highest BCUT2D eigenvalue weighted by atomic mass is 32.1. The Balaban J connectivity index is 1.94. The molecule has 1 aliphatic heterocycles. The van der Waals surface area contributed by atoms with Crippen molar-refractivity contribution in [1.82, 2.24) is 19.9 Å². The highest BCUT2D eigenvalue weighted by molar-refractivity contribution is 7.13. The van der Waals surface area contributed by atoms with Crippen LogP contribution in [0.5, 0.6) is 0 Å². The molecule has 2 aromatic rings. The third-order valence-corrected chi connectivity index (χ3v) is 4.13. The summed E-state index contributed by atoms with van der Waals surface area (Å²) in [5, 5.41) is 16.8. The maximum Gasteiger partial charge on any atom is 0.353 e. The number of nitro groups is 1. The summed E-state index contributed by atoms with van der Waals surface area (Å²) in [5.74, 6) is 0.524. The minimum Gasteiger partial charge on any atom is -0.348 e. The van der Waals surface area contributed by atoms with E-state index in [1.165, 1.54) is 17.7 Å². The van der Waals surface area contributed by atoms with Gasteiger partial charge in [0.05, 0.1) is 4.92 Å². The van der Waals surface area contributed by atoms with E-state index in [0.717, 1.165) is 13.1 Å². The van der Waals surface area contributed by atoms with E-state index in [1.807, 2.05) is 11.9 Å². The summed E-state index contributed by atoms with van der Waals surface area (Å²) in [7, 11) is 2.03. The topological polar surface area (TPSA) is 100 Å². The number of hydrogen-bond acceptors (Lipinski definition) is 9. The molecule has 0 atom stereocenters. The number of nitrogens with one attached hydrogen (secondary N) is 1. The molecular weight excluding hydrogens is 306 g/mol. The Labute approximate surface area is 130 Å². The number of piperazine rings is 1. The molecule has 0 aliphatic carbocycles. The molecule has 0 bridgehead atoms. The highest BCUT2D eigenvalue weighted by Gasteiger charge is 2.28. The van der Waals surface area contributed by atoms with Crippen LogP contribution in [0, 0.1) is 10.1 Å². The van der Waals surface area contributed by atoms with Crippen molar-refractivity contribution in [2.45, 2.75) is 0 Å². The van der Waals surface area contributed by atoms with Crippen LogP contribution in [-0.4, -0.2) is 58.0 Å². The van der Waals surface area contributed by atoms with Gasteiger partial charge in [-0.25, -0.2) is 15.0 Å². The van der Waals surface area contributed by atoms with Gasteiger partial charge in [0.15, 0.2) is 5.13 Å². The zero-order chi connectivity index (χ0) is 15.5. The lowest BCUT2D eigenvalue weighted by atomic mass is 10.3. The summed E-state index contributed by atoms with van der Waals surface area (Å²) in [6, 6.07) is 0. The van der Waals surface area contributed by atoms with Gasteiger partial charge in [0.25, 0.3) is 0 Å². The zero-order valence-electron chi connectivity index (χ0n) is 12.0. The Kier molecular flexibility index (Phi) is 4.11. The molecule has 1 fully saturated rings. The average Bonchev–Trinajstić information content (AvgIpc) is 3.00. The molecule has 1 N–H and O–H groups in total. The average molecular weight is 321 g/mol. The lowest BCUT2D eigenvalue weighted by Crippen LogP contribution is -2.45. The second-order valence-electron chi connectivity index (χ2n) is 4.90.